The summed E-state index contributed by atoms with van der Waals surface area (Å²) in [5.41, 5.74) is 2.43. The molecule has 0 atom stereocenters. The topological polar surface area (TPSA) is 105 Å². The molecule has 0 aromatic heterocycles. The number of benzene rings is 3. The van der Waals surface area contributed by atoms with Crippen molar-refractivity contribution < 1.29 is 14.5 Å². The van der Waals surface area contributed by atoms with E-state index in [9.17, 15) is 20.2 Å². The molecule has 0 saturated carbocycles. The van der Waals surface area contributed by atoms with Crippen LogP contribution < -0.4 is 10.1 Å². The van der Waals surface area contributed by atoms with Crippen LogP contribution >= 0.6 is 0 Å². The van der Waals surface area contributed by atoms with Gasteiger partial charge in [0.1, 0.15) is 24.0 Å². The van der Waals surface area contributed by atoms with Crippen LogP contribution in [-0.2, 0) is 17.8 Å². The van der Waals surface area contributed by atoms with Gasteiger partial charge in [0.2, 0.25) is 0 Å². The smallest absolute Gasteiger partial charge is 0.269 e. The highest BCUT2D eigenvalue weighted by Crippen LogP contribution is 2.23. The number of carbonyl (C=O) groups excluding carboxylic acids is 1. The molecule has 0 saturated heterocycles. The van der Waals surface area contributed by atoms with Gasteiger partial charge in [0, 0.05) is 24.2 Å². The third kappa shape index (κ3) is 6.28. The number of hydrogen-bond acceptors (Lipinski definition) is 5. The van der Waals surface area contributed by atoms with Crippen molar-refractivity contribution in [2.24, 2.45) is 0 Å². The van der Waals surface area contributed by atoms with Crippen molar-refractivity contribution in [3.8, 4) is 11.8 Å². The first-order valence-electron chi connectivity index (χ1n) is 9.96. The van der Waals surface area contributed by atoms with E-state index < -0.39 is 10.8 Å². The minimum atomic E-state index is -0.459. The van der Waals surface area contributed by atoms with Crippen molar-refractivity contribution in [2.45, 2.75) is 13.0 Å². The lowest BCUT2D eigenvalue weighted by atomic mass is 10.1. The van der Waals surface area contributed by atoms with E-state index >= 15 is 0 Å². The zero-order chi connectivity index (χ0) is 22.8. The Bertz CT molecular complexity index is 1150. The van der Waals surface area contributed by atoms with Gasteiger partial charge in [-0.15, -0.1) is 0 Å². The van der Waals surface area contributed by atoms with E-state index in [1.54, 1.807) is 36.4 Å². The van der Waals surface area contributed by atoms with Crippen LogP contribution in [0, 0.1) is 21.4 Å². The third-order valence-electron chi connectivity index (χ3n) is 4.67. The summed E-state index contributed by atoms with van der Waals surface area (Å²) in [6.07, 6.45) is 2.16. The molecule has 7 nitrogen and oxygen atoms in total. The normalized spacial score (nSPS) is 10.8. The van der Waals surface area contributed by atoms with Crippen LogP contribution in [0.2, 0.25) is 0 Å². The van der Waals surface area contributed by atoms with Crippen LogP contribution in [0.25, 0.3) is 6.08 Å². The van der Waals surface area contributed by atoms with Crippen LogP contribution in [0.1, 0.15) is 16.7 Å². The van der Waals surface area contributed by atoms with Gasteiger partial charge in [-0.3, -0.25) is 14.9 Å². The fourth-order valence-electron chi connectivity index (χ4n) is 2.97. The van der Waals surface area contributed by atoms with Crippen LogP contribution in [-0.4, -0.2) is 17.4 Å². The standard InChI is InChI=1S/C25H21N3O4/c26-17-22(25(29)27-15-14-19-6-2-1-3-7-19)16-21-8-4-5-9-24(21)32-18-20-10-12-23(13-11-20)28(30)31/h1-13,16H,14-15,18H2,(H,27,29)/b22-16+. The average molecular weight is 427 g/mol. The second-order valence-corrected chi connectivity index (χ2v) is 6.91. The quantitative estimate of drug-likeness (QED) is 0.235. The van der Waals surface area contributed by atoms with Gasteiger partial charge < -0.3 is 10.1 Å². The van der Waals surface area contributed by atoms with E-state index in [0.717, 1.165) is 11.1 Å². The Morgan fingerprint density at radius 1 is 1.00 bits per heavy atom. The molecule has 0 unspecified atom stereocenters. The summed E-state index contributed by atoms with van der Waals surface area (Å²) in [4.78, 5) is 22.8. The molecule has 7 heteroatoms. The van der Waals surface area contributed by atoms with E-state index in [-0.39, 0.29) is 17.9 Å². The number of nitrogens with zero attached hydrogens (tertiary/aromatic N) is 2. The predicted octanol–water partition coefficient (Wildman–Crippen LogP) is 4.44. The van der Waals surface area contributed by atoms with Gasteiger partial charge >= 0.3 is 0 Å². The SMILES string of the molecule is N#C/C(=C\c1ccccc1OCc1ccc([N+](=O)[O-])cc1)C(=O)NCCc1ccccc1. The van der Waals surface area contributed by atoms with E-state index in [1.165, 1.54) is 18.2 Å². The number of para-hydroxylation sites is 1. The Balaban J connectivity index is 1.65. The van der Waals surface area contributed by atoms with E-state index in [2.05, 4.69) is 5.32 Å². The zero-order valence-corrected chi connectivity index (χ0v) is 17.2. The fraction of sp³-hybridized carbons (Fsp3) is 0.120. The maximum Gasteiger partial charge on any atom is 0.269 e. The van der Waals surface area contributed by atoms with Gasteiger partial charge in [-0.1, -0.05) is 48.5 Å². The van der Waals surface area contributed by atoms with Gasteiger partial charge in [-0.05, 0) is 41.8 Å². The Morgan fingerprint density at radius 3 is 2.38 bits per heavy atom. The maximum absolute atomic E-state index is 12.4. The minimum Gasteiger partial charge on any atom is -0.488 e. The molecule has 0 heterocycles. The van der Waals surface area contributed by atoms with E-state index in [4.69, 9.17) is 4.74 Å². The van der Waals surface area contributed by atoms with Gasteiger partial charge in [-0.25, -0.2) is 0 Å². The number of amides is 1. The molecular weight excluding hydrogens is 406 g/mol. The van der Waals surface area contributed by atoms with Crippen molar-refractivity contribution in [1.82, 2.24) is 5.32 Å². The highest BCUT2D eigenvalue weighted by atomic mass is 16.6. The lowest BCUT2D eigenvalue weighted by Crippen LogP contribution is -2.26. The van der Waals surface area contributed by atoms with Crippen LogP contribution in [0.15, 0.2) is 84.4 Å². The molecule has 0 radical (unpaired) electrons. The number of rotatable bonds is 9. The van der Waals surface area contributed by atoms with Crippen molar-refractivity contribution in [2.75, 3.05) is 6.54 Å². The molecule has 1 N–H and O–H groups in total. The van der Waals surface area contributed by atoms with Gasteiger partial charge in [0.25, 0.3) is 11.6 Å². The fourth-order valence-corrected chi connectivity index (χ4v) is 2.97. The van der Waals surface area contributed by atoms with Crippen molar-refractivity contribution >= 4 is 17.7 Å². The molecule has 0 aliphatic carbocycles. The van der Waals surface area contributed by atoms with Crippen LogP contribution in [0.4, 0.5) is 5.69 Å². The number of nitriles is 1. The lowest BCUT2D eigenvalue weighted by molar-refractivity contribution is -0.384. The van der Waals surface area contributed by atoms with E-state index in [0.29, 0.717) is 24.3 Å². The average Bonchev–Trinajstić information content (AvgIpc) is 2.82. The van der Waals surface area contributed by atoms with Gasteiger partial charge in [0.15, 0.2) is 0 Å². The number of hydrogen-bond donors (Lipinski definition) is 1. The molecule has 1 amide bonds. The number of ether oxygens (including phenoxy) is 1. The number of nitro groups is 1. The second-order valence-electron chi connectivity index (χ2n) is 6.91. The van der Waals surface area contributed by atoms with Crippen LogP contribution in [0.3, 0.4) is 0 Å². The Kier molecular flexibility index (Phi) is 7.71. The summed E-state index contributed by atoms with van der Waals surface area (Å²) in [6, 6.07) is 24.8. The summed E-state index contributed by atoms with van der Waals surface area (Å²) < 4.78 is 5.83. The summed E-state index contributed by atoms with van der Waals surface area (Å²) in [5, 5.41) is 23.0. The lowest BCUT2D eigenvalue weighted by Gasteiger charge is -2.10. The molecule has 0 spiro atoms. The highest BCUT2D eigenvalue weighted by Gasteiger charge is 2.11. The monoisotopic (exact) mass is 427 g/mol. The number of nitrogens with one attached hydrogen (secondary N) is 1. The van der Waals surface area contributed by atoms with Crippen LogP contribution in [0.5, 0.6) is 5.75 Å². The Labute approximate surface area is 185 Å². The minimum absolute atomic E-state index is 0.00835. The first kappa shape index (κ1) is 22.2. The molecule has 0 fully saturated rings. The molecule has 0 aliphatic heterocycles. The second kappa shape index (κ2) is 11.1. The van der Waals surface area contributed by atoms with Crippen molar-refractivity contribution in [3.05, 3.63) is 111 Å². The highest BCUT2D eigenvalue weighted by molar-refractivity contribution is 6.01. The van der Waals surface area contributed by atoms with Gasteiger partial charge in [-0.2, -0.15) is 5.26 Å². The first-order valence-corrected chi connectivity index (χ1v) is 9.96. The van der Waals surface area contributed by atoms with Gasteiger partial charge in [0.05, 0.1) is 4.92 Å². The van der Waals surface area contributed by atoms with Crippen molar-refractivity contribution in [1.29, 1.82) is 5.26 Å². The number of carbonyl (C=O) groups is 1. The predicted molar refractivity (Wildman–Crippen MR) is 121 cm³/mol. The Morgan fingerprint density at radius 2 is 1.69 bits per heavy atom. The van der Waals surface area contributed by atoms with Crippen molar-refractivity contribution in [3.63, 3.8) is 0 Å². The zero-order valence-electron chi connectivity index (χ0n) is 17.2. The number of nitro benzene ring substituents is 1. The molecule has 32 heavy (non-hydrogen) atoms. The van der Waals surface area contributed by atoms with E-state index in [1.807, 2.05) is 36.4 Å². The molecule has 3 aromatic rings. The molecular formula is C25H21N3O4. The summed E-state index contributed by atoms with van der Waals surface area (Å²) in [7, 11) is 0. The maximum atomic E-state index is 12.4. The first-order chi connectivity index (χ1) is 15.6. The summed E-state index contributed by atoms with van der Waals surface area (Å²) in [6.45, 7) is 0.605. The molecule has 0 bridgehead atoms. The molecule has 0 aliphatic rings. The number of non-ortho nitro benzene ring substituents is 1. The molecule has 160 valence electrons. The molecule has 3 aromatic carbocycles. The molecule has 3 rings (SSSR count). The Hall–Kier alpha value is -4.44. The largest absolute Gasteiger partial charge is 0.488 e. The summed E-state index contributed by atoms with van der Waals surface area (Å²) in [5.74, 6) is 0.0456. The summed E-state index contributed by atoms with van der Waals surface area (Å²) >= 11 is 0. The third-order valence-corrected chi connectivity index (χ3v) is 4.67.